The fourth-order valence-corrected chi connectivity index (χ4v) is 2.59. The second-order valence-corrected chi connectivity index (χ2v) is 6.08. The van der Waals surface area contributed by atoms with Crippen LogP contribution in [0.15, 0.2) is 84.9 Å². The van der Waals surface area contributed by atoms with E-state index in [2.05, 4.69) is 10.6 Å². The van der Waals surface area contributed by atoms with E-state index in [1.54, 1.807) is 30.3 Å². The molecule has 0 aliphatic heterocycles. The fraction of sp³-hybridized carbons (Fsp3) is 0.0435. The average molecular weight is 356 g/mol. The molecule has 27 heavy (non-hydrogen) atoms. The van der Waals surface area contributed by atoms with E-state index in [0.29, 0.717) is 16.9 Å². The Hall–Kier alpha value is -3.66. The van der Waals surface area contributed by atoms with Crippen molar-refractivity contribution in [3.05, 3.63) is 102 Å². The molecule has 0 radical (unpaired) electrons. The lowest BCUT2D eigenvalue weighted by Gasteiger charge is -2.10. The molecule has 0 aromatic heterocycles. The number of hydrogen-bond acceptors (Lipinski definition) is 2. The number of benzene rings is 3. The first-order chi connectivity index (χ1) is 13.1. The van der Waals surface area contributed by atoms with E-state index in [0.717, 1.165) is 11.1 Å². The highest BCUT2D eigenvalue weighted by molar-refractivity contribution is 6.05. The molecule has 2 N–H and O–H groups in total. The highest BCUT2D eigenvalue weighted by atomic mass is 16.2. The highest BCUT2D eigenvalue weighted by Crippen LogP contribution is 2.20. The second-order valence-electron chi connectivity index (χ2n) is 6.08. The molecule has 0 saturated heterocycles. The van der Waals surface area contributed by atoms with Crippen molar-refractivity contribution in [3.8, 4) is 0 Å². The monoisotopic (exact) mass is 356 g/mol. The zero-order chi connectivity index (χ0) is 19.1. The zero-order valence-electron chi connectivity index (χ0n) is 15.0. The summed E-state index contributed by atoms with van der Waals surface area (Å²) < 4.78 is 0. The Kier molecular flexibility index (Phi) is 5.80. The van der Waals surface area contributed by atoms with Crippen molar-refractivity contribution in [3.63, 3.8) is 0 Å². The van der Waals surface area contributed by atoms with Gasteiger partial charge in [-0.1, -0.05) is 48.5 Å². The minimum Gasteiger partial charge on any atom is -0.323 e. The third-order valence-corrected chi connectivity index (χ3v) is 4.00. The van der Waals surface area contributed by atoms with Gasteiger partial charge in [0.05, 0.1) is 0 Å². The molecule has 4 nitrogen and oxygen atoms in total. The maximum atomic E-state index is 12.3. The maximum Gasteiger partial charge on any atom is 0.255 e. The lowest BCUT2D eigenvalue weighted by molar-refractivity contribution is -0.111. The van der Waals surface area contributed by atoms with Crippen LogP contribution in [0.5, 0.6) is 0 Å². The van der Waals surface area contributed by atoms with Gasteiger partial charge in [0.2, 0.25) is 5.91 Å². The zero-order valence-corrected chi connectivity index (χ0v) is 15.0. The largest absolute Gasteiger partial charge is 0.323 e. The van der Waals surface area contributed by atoms with Crippen LogP contribution in [0.3, 0.4) is 0 Å². The Labute approximate surface area is 158 Å². The van der Waals surface area contributed by atoms with Crippen LogP contribution in [0.1, 0.15) is 21.5 Å². The van der Waals surface area contributed by atoms with Crippen molar-refractivity contribution in [1.29, 1.82) is 0 Å². The van der Waals surface area contributed by atoms with E-state index in [9.17, 15) is 9.59 Å². The molecule has 0 fully saturated rings. The molecule has 0 aliphatic carbocycles. The van der Waals surface area contributed by atoms with Crippen LogP contribution >= 0.6 is 0 Å². The average Bonchev–Trinajstić information content (AvgIpc) is 2.70. The summed E-state index contributed by atoms with van der Waals surface area (Å²) in [6.45, 7) is 1.88. The summed E-state index contributed by atoms with van der Waals surface area (Å²) in [5.41, 5.74) is 3.81. The van der Waals surface area contributed by atoms with E-state index in [1.165, 1.54) is 6.08 Å². The molecule has 0 bridgehead atoms. The first-order valence-electron chi connectivity index (χ1n) is 8.63. The molecule has 0 unspecified atom stereocenters. The van der Waals surface area contributed by atoms with Gasteiger partial charge < -0.3 is 10.6 Å². The number of carbonyl (C=O) groups is 2. The Morgan fingerprint density at radius 2 is 1.48 bits per heavy atom. The molecule has 0 heterocycles. The number of amides is 2. The van der Waals surface area contributed by atoms with E-state index in [4.69, 9.17) is 0 Å². The summed E-state index contributed by atoms with van der Waals surface area (Å²) in [4.78, 5) is 24.3. The first-order valence-corrected chi connectivity index (χ1v) is 8.63. The van der Waals surface area contributed by atoms with Crippen LogP contribution in [0.25, 0.3) is 6.08 Å². The van der Waals surface area contributed by atoms with Crippen LogP contribution in [0.2, 0.25) is 0 Å². The van der Waals surface area contributed by atoms with Crippen molar-refractivity contribution in [1.82, 2.24) is 0 Å². The molecule has 0 atom stereocenters. The molecule has 0 saturated carbocycles. The molecule has 0 spiro atoms. The molecule has 3 rings (SSSR count). The molecule has 3 aromatic carbocycles. The van der Waals surface area contributed by atoms with E-state index >= 15 is 0 Å². The highest BCUT2D eigenvalue weighted by Gasteiger charge is 2.08. The van der Waals surface area contributed by atoms with E-state index in [1.807, 2.05) is 61.5 Å². The van der Waals surface area contributed by atoms with Gasteiger partial charge in [-0.15, -0.1) is 0 Å². The number of hydrogen-bond donors (Lipinski definition) is 2. The Morgan fingerprint density at radius 3 is 2.15 bits per heavy atom. The van der Waals surface area contributed by atoms with Gasteiger partial charge in [-0.25, -0.2) is 0 Å². The van der Waals surface area contributed by atoms with Gasteiger partial charge in [0, 0.05) is 23.0 Å². The van der Waals surface area contributed by atoms with Crippen LogP contribution in [-0.4, -0.2) is 11.8 Å². The SMILES string of the molecule is Cc1cc(NC(=O)/C=C\c2ccccc2)ccc1NC(=O)c1ccccc1. The van der Waals surface area contributed by atoms with Gasteiger partial charge >= 0.3 is 0 Å². The second kappa shape index (κ2) is 8.63. The smallest absolute Gasteiger partial charge is 0.255 e. The molecule has 0 aliphatic rings. The van der Waals surface area contributed by atoms with E-state index < -0.39 is 0 Å². The van der Waals surface area contributed by atoms with Gasteiger partial charge in [-0.3, -0.25) is 9.59 Å². The number of carbonyl (C=O) groups excluding carboxylic acids is 2. The van der Waals surface area contributed by atoms with Crippen molar-refractivity contribution in [2.75, 3.05) is 10.6 Å². The molecule has 134 valence electrons. The van der Waals surface area contributed by atoms with Crippen LogP contribution in [-0.2, 0) is 4.79 Å². The minimum atomic E-state index is -0.209. The standard InChI is InChI=1S/C23H20N2O2/c1-17-16-20(24-22(26)15-12-18-8-4-2-5-9-18)13-14-21(17)25-23(27)19-10-6-3-7-11-19/h2-16H,1H3,(H,24,26)(H,25,27)/b15-12-. The first kappa shape index (κ1) is 18.1. The number of anilines is 2. The summed E-state index contributed by atoms with van der Waals surface area (Å²) >= 11 is 0. The van der Waals surface area contributed by atoms with Gasteiger partial charge in [0.25, 0.3) is 5.91 Å². The van der Waals surface area contributed by atoms with Crippen molar-refractivity contribution in [2.45, 2.75) is 6.92 Å². The normalized spacial score (nSPS) is 10.6. The molecule has 3 aromatic rings. The summed E-state index contributed by atoms with van der Waals surface area (Å²) in [5.74, 6) is -0.374. The van der Waals surface area contributed by atoms with E-state index in [-0.39, 0.29) is 11.8 Å². The molecular weight excluding hydrogens is 336 g/mol. The fourth-order valence-electron chi connectivity index (χ4n) is 2.59. The predicted octanol–water partition coefficient (Wildman–Crippen LogP) is 4.90. The molecule has 2 amide bonds. The summed E-state index contributed by atoms with van der Waals surface area (Å²) in [6.07, 6.45) is 3.26. The third-order valence-electron chi connectivity index (χ3n) is 4.00. The summed E-state index contributed by atoms with van der Waals surface area (Å²) in [7, 11) is 0. The van der Waals surface area contributed by atoms with Crippen molar-refractivity contribution < 1.29 is 9.59 Å². The number of rotatable bonds is 5. The predicted molar refractivity (Wildman–Crippen MR) is 110 cm³/mol. The van der Waals surface area contributed by atoms with Crippen LogP contribution < -0.4 is 10.6 Å². The van der Waals surface area contributed by atoms with Crippen molar-refractivity contribution in [2.24, 2.45) is 0 Å². The summed E-state index contributed by atoms with van der Waals surface area (Å²) in [6, 6.07) is 24.0. The van der Waals surface area contributed by atoms with Crippen molar-refractivity contribution >= 4 is 29.3 Å². The van der Waals surface area contributed by atoms with Gasteiger partial charge in [-0.05, 0) is 54.5 Å². The maximum absolute atomic E-state index is 12.3. The Bertz CT molecular complexity index is 964. The molecular formula is C23H20N2O2. The Balaban J connectivity index is 1.63. The van der Waals surface area contributed by atoms with Gasteiger partial charge in [0.15, 0.2) is 0 Å². The van der Waals surface area contributed by atoms with Crippen LogP contribution in [0.4, 0.5) is 11.4 Å². The summed E-state index contributed by atoms with van der Waals surface area (Å²) in [5, 5.41) is 5.71. The van der Waals surface area contributed by atoms with Gasteiger partial charge in [0.1, 0.15) is 0 Å². The number of aryl methyl sites for hydroxylation is 1. The number of nitrogens with one attached hydrogen (secondary N) is 2. The quantitative estimate of drug-likeness (QED) is 0.639. The lowest BCUT2D eigenvalue weighted by Crippen LogP contribution is -2.13. The van der Waals surface area contributed by atoms with Crippen LogP contribution in [0, 0.1) is 6.92 Å². The lowest BCUT2D eigenvalue weighted by atomic mass is 10.1. The minimum absolute atomic E-state index is 0.165. The molecule has 4 heteroatoms. The third kappa shape index (κ3) is 5.16. The van der Waals surface area contributed by atoms with Gasteiger partial charge in [-0.2, -0.15) is 0 Å². The topological polar surface area (TPSA) is 58.2 Å². The Morgan fingerprint density at radius 1 is 0.815 bits per heavy atom.